The van der Waals surface area contributed by atoms with Crippen molar-refractivity contribution in [3.63, 3.8) is 0 Å². The second-order valence-corrected chi connectivity index (χ2v) is 15.2. The molecule has 4 N–H and O–H groups in total. The smallest absolute Gasteiger partial charge is 0.289 e. The van der Waals surface area contributed by atoms with E-state index < -0.39 is 64.9 Å². The average Bonchev–Trinajstić information content (AvgIpc) is 3.83. The summed E-state index contributed by atoms with van der Waals surface area (Å²) in [6, 6.07) is -3.81. The Morgan fingerprint density at radius 1 is 0.939 bits per heavy atom. The predicted molar refractivity (Wildman–Crippen MR) is 183 cm³/mol. The summed E-state index contributed by atoms with van der Waals surface area (Å²) in [5, 5.41) is 11.4. The molecule has 270 valence electrons. The van der Waals surface area contributed by atoms with Gasteiger partial charge in [0.15, 0.2) is 0 Å². The summed E-state index contributed by atoms with van der Waals surface area (Å²) in [5.74, 6) is -3.60. The van der Waals surface area contributed by atoms with Gasteiger partial charge in [-0.05, 0) is 55.3 Å². The van der Waals surface area contributed by atoms with Crippen molar-refractivity contribution >= 4 is 35.3 Å². The van der Waals surface area contributed by atoms with Crippen molar-refractivity contribution in [2.75, 3.05) is 6.54 Å². The van der Waals surface area contributed by atoms with Crippen LogP contribution in [0.3, 0.4) is 0 Å². The molecule has 1 unspecified atom stereocenters. The maximum absolute atomic E-state index is 14.6. The third-order valence-electron chi connectivity index (χ3n) is 10.3. The molecule has 3 fully saturated rings. The van der Waals surface area contributed by atoms with Gasteiger partial charge in [0.1, 0.15) is 23.8 Å². The summed E-state index contributed by atoms with van der Waals surface area (Å²) >= 11 is 0. The van der Waals surface area contributed by atoms with E-state index in [2.05, 4.69) is 31.2 Å². The van der Waals surface area contributed by atoms with Crippen LogP contribution in [0.15, 0.2) is 18.6 Å². The Bertz CT molecular complexity index is 1360. The maximum atomic E-state index is 14.6. The lowest BCUT2D eigenvalue weighted by molar-refractivity contribution is -0.146. The van der Waals surface area contributed by atoms with Gasteiger partial charge in [-0.25, -0.2) is 4.98 Å². The summed E-state index contributed by atoms with van der Waals surface area (Å²) in [7, 11) is 0. The first-order valence-corrected chi connectivity index (χ1v) is 18.1. The SMILES string of the molecule is CCC[C@H](NC(=O)[C@@H]1[C@@H](C)C(CC)CN1C(=O)[C@@H](NC(=O)[C@@H](NC(=O)c1cnccn1)C1CCCCC1)C(C)(C)C)C(=O)C(=O)NC1CC1. The number of aromatic nitrogens is 2. The first-order chi connectivity index (χ1) is 23.3. The van der Waals surface area contributed by atoms with Crippen LogP contribution < -0.4 is 21.3 Å². The molecule has 0 aromatic carbocycles. The Hall–Kier alpha value is -3.90. The lowest BCUT2D eigenvalue weighted by atomic mass is 9.82. The molecule has 6 atom stereocenters. The molecule has 2 heterocycles. The van der Waals surface area contributed by atoms with Crippen molar-refractivity contribution in [2.24, 2.45) is 23.2 Å². The van der Waals surface area contributed by atoms with Gasteiger partial charge in [0.25, 0.3) is 11.8 Å². The van der Waals surface area contributed by atoms with E-state index in [4.69, 9.17) is 0 Å². The normalized spacial score (nSPS) is 23.1. The minimum absolute atomic E-state index is 0.00490. The largest absolute Gasteiger partial charge is 0.347 e. The van der Waals surface area contributed by atoms with E-state index in [1.54, 1.807) is 0 Å². The number of carbonyl (C=O) groups excluding carboxylic acids is 6. The molecule has 2 aliphatic carbocycles. The average molecular weight is 682 g/mol. The summed E-state index contributed by atoms with van der Waals surface area (Å²) in [6.45, 7) is 11.7. The number of nitrogens with one attached hydrogen (secondary N) is 4. The van der Waals surface area contributed by atoms with Gasteiger partial charge in [0.05, 0.1) is 12.2 Å². The molecule has 1 aromatic rings. The fraction of sp³-hybridized carbons (Fsp3) is 0.722. The van der Waals surface area contributed by atoms with E-state index in [9.17, 15) is 28.8 Å². The van der Waals surface area contributed by atoms with E-state index >= 15 is 0 Å². The van der Waals surface area contributed by atoms with Gasteiger partial charge < -0.3 is 26.2 Å². The summed E-state index contributed by atoms with van der Waals surface area (Å²) in [6.07, 6.45) is 11.9. The van der Waals surface area contributed by atoms with Crippen molar-refractivity contribution in [3.8, 4) is 0 Å². The zero-order chi connectivity index (χ0) is 35.9. The Labute approximate surface area is 289 Å². The van der Waals surface area contributed by atoms with Crippen LogP contribution in [-0.2, 0) is 24.0 Å². The van der Waals surface area contributed by atoms with Crippen molar-refractivity contribution < 1.29 is 28.8 Å². The summed E-state index contributed by atoms with van der Waals surface area (Å²) in [4.78, 5) is 91.2. The van der Waals surface area contributed by atoms with Crippen molar-refractivity contribution in [1.82, 2.24) is 36.1 Å². The Kier molecular flexibility index (Phi) is 12.9. The van der Waals surface area contributed by atoms with Gasteiger partial charge in [0.2, 0.25) is 23.5 Å². The monoisotopic (exact) mass is 681 g/mol. The van der Waals surface area contributed by atoms with E-state index in [1.165, 1.54) is 23.5 Å². The molecule has 4 rings (SSSR count). The topological polar surface area (TPSA) is 180 Å². The van der Waals surface area contributed by atoms with Crippen LogP contribution in [-0.4, -0.2) is 86.9 Å². The molecule has 1 saturated heterocycles. The molecule has 13 heteroatoms. The number of nitrogens with zero attached hydrogens (tertiary/aromatic N) is 3. The van der Waals surface area contributed by atoms with Gasteiger partial charge in [-0.1, -0.05) is 73.6 Å². The van der Waals surface area contributed by atoms with E-state index in [0.717, 1.165) is 51.4 Å². The van der Waals surface area contributed by atoms with Gasteiger partial charge in [-0.15, -0.1) is 0 Å². The fourth-order valence-electron chi connectivity index (χ4n) is 7.18. The van der Waals surface area contributed by atoms with E-state index in [0.29, 0.717) is 19.4 Å². The molecule has 1 aliphatic heterocycles. The van der Waals surface area contributed by atoms with E-state index in [-0.39, 0.29) is 29.5 Å². The number of carbonyl (C=O) groups is 6. The van der Waals surface area contributed by atoms with Crippen LogP contribution in [0.2, 0.25) is 0 Å². The third kappa shape index (κ3) is 9.63. The van der Waals surface area contributed by atoms with Crippen molar-refractivity contribution in [1.29, 1.82) is 0 Å². The first kappa shape index (κ1) is 37.9. The number of likely N-dealkylation sites (tertiary alicyclic amines) is 1. The molecule has 2 saturated carbocycles. The van der Waals surface area contributed by atoms with Crippen LogP contribution in [0.25, 0.3) is 0 Å². The highest BCUT2D eigenvalue weighted by atomic mass is 16.2. The lowest BCUT2D eigenvalue weighted by Gasteiger charge is -2.38. The van der Waals surface area contributed by atoms with Gasteiger partial charge in [-0.2, -0.15) is 0 Å². The predicted octanol–water partition coefficient (Wildman–Crippen LogP) is 2.69. The number of hydrogen-bond acceptors (Lipinski definition) is 8. The fourth-order valence-corrected chi connectivity index (χ4v) is 7.18. The molecule has 0 bridgehead atoms. The minimum atomic E-state index is -1.02. The highest BCUT2D eigenvalue weighted by Crippen LogP contribution is 2.35. The number of amides is 5. The van der Waals surface area contributed by atoms with E-state index in [1.807, 2.05) is 41.5 Å². The van der Waals surface area contributed by atoms with Crippen molar-refractivity contribution in [3.05, 3.63) is 24.3 Å². The van der Waals surface area contributed by atoms with Gasteiger partial charge in [-0.3, -0.25) is 33.8 Å². The zero-order valence-electron chi connectivity index (χ0n) is 29.9. The van der Waals surface area contributed by atoms with Crippen LogP contribution in [0.1, 0.15) is 116 Å². The number of rotatable bonds is 14. The van der Waals surface area contributed by atoms with Crippen LogP contribution >= 0.6 is 0 Å². The van der Waals surface area contributed by atoms with Crippen LogP contribution in [0, 0.1) is 23.2 Å². The third-order valence-corrected chi connectivity index (χ3v) is 10.3. The Balaban J connectivity index is 1.56. The minimum Gasteiger partial charge on any atom is -0.347 e. The lowest BCUT2D eigenvalue weighted by Crippen LogP contribution is -2.62. The maximum Gasteiger partial charge on any atom is 0.289 e. The molecule has 5 amide bonds. The first-order valence-electron chi connectivity index (χ1n) is 18.1. The molecule has 1 aromatic heterocycles. The second-order valence-electron chi connectivity index (χ2n) is 15.2. The number of hydrogen-bond donors (Lipinski definition) is 4. The standard InChI is InChI=1S/C36H55N7O6/c1-7-12-25(29(44)34(48)39-24-15-16-24)40-33(47)28-21(3)22(8-2)20-43(28)35(49)30(36(4,5)6)42-32(46)27(23-13-10-9-11-14-23)41-31(45)26-19-37-17-18-38-26/h17-19,21-25,27-28,30H,7-16,20H2,1-6H3,(H,39,48)(H,40,47)(H,41,45)(H,42,46)/t21-,22?,25-,27-,28-,30+/m0/s1. The molecule has 49 heavy (non-hydrogen) atoms. The zero-order valence-corrected chi connectivity index (χ0v) is 29.9. The molecule has 0 spiro atoms. The van der Waals surface area contributed by atoms with Crippen LogP contribution in [0.5, 0.6) is 0 Å². The van der Waals surface area contributed by atoms with Crippen molar-refractivity contribution in [2.45, 2.75) is 136 Å². The molecule has 0 radical (unpaired) electrons. The number of Topliss-reactive ketones (excluding diaryl/α,β-unsaturated/α-hetero) is 1. The quantitative estimate of drug-likeness (QED) is 0.217. The van der Waals surface area contributed by atoms with Gasteiger partial charge >= 0.3 is 0 Å². The highest BCUT2D eigenvalue weighted by molar-refractivity contribution is 6.38. The Morgan fingerprint density at radius 2 is 1.63 bits per heavy atom. The molecule has 13 nitrogen and oxygen atoms in total. The molecule has 3 aliphatic rings. The summed E-state index contributed by atoms with van der Waals surface area (Å²) < 4.78 is 0. The Morgan fingerprint density at radius 3 is 2.20 bits per heavy atom. The summed E-state index contributed by atoms with van der Waals surface area (Å²) in [5.41, 5.74) is -0.662. The highest BCUT2D eigenvalue weighted by Gasteiger charge is 2.49. The second kappa shape index (κ2) is 16.7. The van der Waals surface area contributed by atoms with Crippen LogP contribution in [0.4, 0.5) is 0 Å². The van der Waals surface area contributed by atoms with Gasteiger partial charge in [0, 0.05) is 25.0 Å². The molecular formula is C36H55N7O6. The number of ketones is 1. The molecular weight excluding hydrogens is 626 g/mol.